The monoisotopic (exact) mass is 293 g/mol. The quantitative estimate of drug-likeness (QED) is 0.758. The maximum absolute atomic E-state index is 10.6. The van der Waals surface area contributed by atoms with Crippen molar-refractivity contribution in [3.05, 3.63) is 54.1 Å². The fraction of sp³-hybridized carbons (Fsp3) is 0.118. The van der Waals surface area contributed by atoms with E-state index in [1.807, 2.05) is 32.0 Å². The molecule has 2 aromatic carbocycles. The number of nitrogens with zero attached hydrogens (tertiary/aromatic N) is 3. The highest BCUT2D eigenvalue weighted by Crippen LogP contribution is 2.42. The standard InChI is InChI=1S/C17H15N3O2/c1-10-3-4-12(11(2)7-10)13-5-6-14(21)15(16(13)22)17-19-8-18-9-20-17/h3-9,21-22H,1-2H3. The summed E-state index contributed by atoms with van der Waals surface area (Å²) in [5.41, 5.74) is 3.93. The normalized spacial score (nSPS) is 10.6. The van der Waals surface area contributed by atoms with Gasteiger partial charge in [-0.1, -0.05) is 23.8 Å². The molecule has 0 aliphatic rings. The van der Waals surface area contributed by atoms with Crippen molar-refractivity contribution in [2.24, 2.45) is 0 Å². The molecule has 0 amide bonds. The summed E-state index contributed by atoms with van der Waals surface area (Å²) < 4.78 is 0. The Hall–Kier alpha value is -2.95. The van der Waals surface area contributed by atoms with E-state index in [-0.39, 0.29) is 22.9 Å². The number of benzene rings is 2. The van der Waals surface area contributed by atoms with Crippen molar-refractivity contribution in [1.29, 1.82) is 0 Å². The highest BCUT2D eigenvalue weighted by atomic mass is 16.3. The highest BCUT2D eigenvalue weighted by molar-refractivity contribution is 5.84. The number of phenols is 2. The zero-order valence-electron chi connectivity index (χ0n) is 12.3. The molecule has 0 unspecified atom stereocenters. The first-order valence-corrected chi connectivity index (χ1v) is 6.83. The van der Waals surface area contributed by atoms with Gasteiger partial charge >= 0.3 is 0 Å². The molecule has 0 radical (unpaired) electrons. The number of phenolic OH excluding ortho intramolecular Hbond substituents is 2. The van der Waals surface area contributed by atoms with E-state index >= 15 is 0 Å². The van der Waals surface area contributed by atoms with E-state index in [9.17, 15) is 10.2 Å². The third-order valence-electron chi connectivity index (χ3n) is 3.54. The summed E-state index contributed by atoms with van der Waals surface area (Å²) in [6, 6.07) is 9.20. The van der Waals surface area contributed by atoms with Crippen LogP contribution in [0.15, 0.2) is 43.0 Å². The molecule has 1 aromatic heterocycles. The molecule has 110 valence electrons. The Balaban J connectivity index is 2.23. The Kier molecular flexibility index (Phi) is 3.47. The second-order valence-electron chi connectivity index (χ2n) is 5.14. The van der Waals surface area contributed by atoms with Crippen molar-refractivity contribution >= 4 is 0 Å². The number of aryl methyl sites for hydroxylation is 2. The molecule has 3 rings (SSSR count). The molecule has 0 saturated carbocycles. The zero-order valence-corrected chi connectivity index (χ0v) is 12.3. The fourth-order valence-corrected chi connectivity index (χ4v) is 2.50. The number of hydrogen-bond acceptors (Lipinski definition) is 5. The molecule has 3 aromatic rings. The first-order chi connectivity index (χ1) is 10.6. The van der Waals surface area contributed by atoms with E-state index in [0.29, 0.717) is 5.56 Å². The van der Waals surface area contributed by atoms with E-state index < -0.39 is 0 Å². The first-order valence-electron chi connectivity index (χ1n) is 6.83. The van der Waals surface area contributed by atoms with Crippen molar-refractivity contribution in [1.82, 2.24) is 15.0 Å². The molecule has 2 N–H and O–H groups in total. The van der Waals surface area contributed by atoms with Gasteiger partial charge < -0.3 is 10.2 Å². The highest BCUT2D eigenvalue weighted by Gasteiger charge is 2.18. The second kappa shape index (κ2) is 5.44. The molecular formula is C17H15N3O2. The average molecular weight is 293 g/mol. The minimum atomic E-state index is -0.0720. The van der Waals surface area contributed by atoms with Crippen LogP contribution in [0, 0.1) is 13.8 Å². The predicted molar refractivity (Wildman–Crippen MR) is 83.5 cm³/mol. The van der Waals surface area contributed by atoms with Crippen molar-refractivity contribution in [2.45, 2.75) is 13.8 Å². The van der Waals surface area contributed by atoms with Crippen molar-refractivity contribution in [3.8, 4) is 34.0 Å². The number of aromatic hydroxyl groups is 2. The number of hydrogen-bond donors (Lipinski definition) is 2. The van der Waals surface area contributed by atoms with Crippen LogP contribution in [0.1, 0.15) is 11.1 Å². The molecular weight excluding hydrogens is 278 g/mol. The molecule has 1 heterocycles. The molecule has 0 spiro atoms. The molecule has 0 atom stereocenters. The Morgan fingerprint density at radius 2 is 1.55 bits per heavy atom. The van der Waals surface area contributed by atoms with E-state index in [4.69, 9.17) is 0 Å². The minimum Gasteiger partial charge on any atom is -0.507 e. The minimum absolute atomic E-state index is 0.0434. The molecule has 0 aliphatic carbocycles. The fourth-order valence-electron chi connectivity index (χ4n) is 2.50. The maximum Gasteiger partial charge on any atom is 0.170 e. The third-order valence-corrected chi connectivity index (χ3v) is 3.54. The molecule has 0 aliphatic heterocycles. The summed E-state index contributed by atoms with van der Waals surface area (Å²) in [5, 5.41) is 20.7. The van der Waals surface area contributed by atoms with Crippen molar-refractivity contribution in [2.75, 3.05) is 0 Å². The Morgan fingerprint density at radius 1 is 0.864 bits per heavy atom. The van der Waals surface area contributed by atoms with Gasteiger partial charge in [-0.2, -0.15) is 0 Å². The lowest BCUT2D eigenvalue weighted by Gasteiger charge is -2.13. The molecule has 5 nitrogen and oxygen atoms in total. The van der Waals surface area contributed by atoms with Crippen molar-refractivity contribution in [3.63, 3.8) is 0 Å². The van der Waals surface area contributed by atoms with Crippen LogP contribution >= 0.6 is 0 Å². The average Bonchev–Trinajstić information content (AvgIpc) is 2.50. The van der Waals surface area contributed by atoms with Crippen LogP contribution in [0.5, 0.6) is 11.5 Å². The molecule has 0 bridgehead atoms. The summed E-state index contributed by atoms with van der Waals surface area (Å²) in [6.45, 7) is 4.00. The molecule has 0 saturated heterocycles. The summed E-state index contributed by atoms with van der Waals surface area (Å²) in [6.07, 6.45) is 2.65. The van der Waals surface area contributed by atoms with Gasteiger partial charge in [-0.3, -0.25) is 0 Å². The molecule has 0 fully saturated rings. The van der Waals surface area contributed by atoms with Gasteiger partial charge in [0.05, 0.1) is 0 Å². The smallest absolute Gasteiger partial charge is 0.170 e. The van der Waals surface area contributed by atoms with Gasteiger partial charge in [0.1, 0.15) is 29.7 Å². The largest absolute Gasteiger partial charge is 0.507 e. The maximum atomic E-state index is 10.6. The van der Waals surface area contributed by atoms with Crippen LogP contribution in [-0.4, -0.2) is 25.2 Å². The number of aromatic nitrogens is 3. The summed E-state index contributed by atoms with van der Waals surface area (Å²) in [7, 11) is 0. The van der Waals surface area contributed by atoms with Crippen LogP contribution in [0.4, 0.5) is 0 Å². The molecule has 22 heavy (non-hydrogen) atoms. The lowest BCUT2D eigenvalue weighted by molar-refractivity contribution is 0.454. The van der Waals surface area contributed by atoms with Crippen LogP contribution < -0.4 is 0 Å². The lowest BCUT2D eigenvalue weighted by atomic mass is 9.95. The Morgan fingerprint density at radius 3 is 2.23 bits per heavy atom. The zero-order chi connectivity index (χ0) is 15.7. The lowest BCUT2D eigenvalue weighted by Crippen LogP contribution is -1.93. The van der Waals surface area contributed by atoms with Gasteiger partial charge in [0.25, 0.3) is 0 Å². The van der Waals surface area contributed by atoms with E-state index in [2.05, 4.69) is 15.0 Å². The van der Waals surface area contributed by atoms with Crippen LogP contribution in [0.25, 0.3) is 22.5 Å². The van der Waals surface area contributed by atoms with Crippen LogP contribution in [-0.2, 0) is 0 Å². The third kappa shape index (κ3) is 2.37. The second-order valence-corrected chi connectivity index (χ2v) is 5.14. The van der Waals surface area contributed by atoms with Gasteiger partial charge in [-0.05, 0) is 37.1 Å². The first kappa shape index (κ1) is 14.0. The van der Waals surface area contributed by atoms with Gasteiger partial charge in [-0.25, -0.2) is 15.0 Å². The SMILES string of the molecule is Cc1ccc(-c2ccc(O)c(-c3ncncn3)c2O)c(C)c1. The Bertz CT molecular complexity index is 833. The van der Waals surface area contributed by atoms with Gasteiger partial charge in [0, 0.05) is 5.56 Å². The topological polar surface area (TPSA) is 79.1 Å². The Labute approximate surface area is 128 Å². The van der Waals surface area contributed by atoms with Crippen molar-refractivity contribution < 1.29 is 10.2 Å². The van der Waals surface area contributed by atoms with E-state index in [0.717, 1.165) is 16.7 Å². The van der Waals surface area contributed by atoms with Crippen LogP contribution in [0.3, 0.4) is 0 Å². The van der Waals surface area contributed by atoms with E-state index in [1.165, 1.54) is 18.7 Å². The molecule has 5 heteroatoms. The van der Waals surface area contributed by atoms with Gasteiger partial charge in [-0.15, -0.1) is 0 Å². The van der Waals surface area contributed by atoms with Crippen LogP contribution in [0.2, 0.25) is 0 Å². The summed E-state index contributed by atoms with van der Waals surface area (Å²) >= 11 is 0. The van der Waals surface area contributed by atoms with Gasteiger partial charge in [0.2, 0.25) is 0 Å². The van der Waals surface area contributed by atoms with Gasteiger partial charge in [0.15, 0.2) is 5.82 Å². The summed E-state index contributed by atoms with van der Waals surface area (Å²) in [5.74, 6) is 0.118. The predicted octanol–water partition coefficient (Wildman–Crippen LogP) is 3.23. The number of rotatable bonds is 2. The van der Waals surface area contributed by atoms with E-state index in [1.54, 1.807) is 6.07 Å². The summed E-state index contributed by atoms with van der Waals surface area (Å²) in [4.78, 5) is 11.7.